The molecule has 1 aromatic heterocycles. The van der Waals surface area contributed by atoms with Crippen LogP contribution in [0.4, 0.5) is 0 Å². The second-order valence-corrected chi connectivity index (χ2v) is 5.70. The normalized spacial score (nSPS) is 12.4. The first-order chi connectivity index (χ1) is 8.15. The van der Waals surface area contributed by atoms with Crippen molar-refractivity contribution in [3.8, 4) is 0 Å². The van der Waals surface area contributed by atoms with Crippen LogP contribution < -0.4 is 5.73 Å². The third-order valence-electron chi connectivity index (χ3n) is 2.52. The molecule has 2 nitrogen and oxygen atoms in total. The standard InChI is InChI=1S/C13H12Br2N2/c14-11-6-10(7-12(15)8-11)13(16)5-9-1-3-17-4-2-9/h1-4,6-8,13H,5,16H2. The fourth-order valence-corrected chi connectivity index (χ4v) is 3.01. The first kappa shape index (κ1) is 12.7. The molecule has 0 spiro atoms. The van der Waals surface area contributed by atoms with Crippen molar-refractivity contribution in [1.82, 2.24) is 4.98 Å². The predicted octanol–water partition coefficient (Wildman–Crippen LogP) is 3.85. The number of nitrogens with two attached hydrogens (primary N) is 1. The molecule has 0 bridgehead atoms. The molecule has 0 saturated carbocycles. The monoisotopic (exact) mass is 354 g/mol. The average Bonchev–Trinajstić information content (AvgIpc) is 2.29. The molecule has 88 valence electrons. The Hall–Kier alpha value is -0.710. The molecule has 0 radical (unpaired) electrons. The second-order valence-electron chi connectivity index (χ2n) is 3.87. The summed E-state index contributed by atoms with van der Waals surface area (Å²) in [6.45, 7) is 0. The van der Waals surface area contributed by atoms with E-state index in [0.29, 0.717) is 0 Å². The summed E-state index contributed by atoms with van der Waals surface area (Å²) in [5, 5.41) is 0. The van der Waals surface area contributed by atoms with Crippen molar-refractivity contribution in [2.45, 2.75) is 12.5 Å². The maximum atomic E-state index is 6.20. The van der Waals surface area contributed by atoms with Gasteiger partial charge in [-0.25, -0.2) is 0 Å². The molecule has 0 aliphatic carbocycles. The van der Waals surface area contributed by atoms with E-state index >= 15 is 0 Å². The van der Waals surface area contributed by atoms with E-state index < -0.39 is 0 Å². The molecule has 0 saturated heterocycles. The highest BCUT2D eigenvalue weighted by molar-refractivity contribution is 9.11. The van der Waals surface area contributed by atoms with E-state index in [0.717, 1.165) is 20.9 Å². The van der Waals surface area contributed by atoms with Gasteiger partial charge >= 0.3 is 0 Å². The van der Waals surface area contributed by atoms with Gasteiger partial charge in [-0.15, -0.1) is 0 Å². The SMILES string of the molecule is NC(Cc1ccncc1)c1cc(Br)cc(Br)c1. The van der Waals surface area contributed by atoms with Crippen molar-refractivity contribution in [1.29, 1.82) is 0 Å². The lowest BCUT2D eigenvalue weighted by Gasteiger charge is -2.13. The van der Waals surface area contributed by atoms with Gasteiger partial charge in [-0.3, -0.25) is 4.98 Å². The number of rotatable bonds is 3. The molecule has 2 N–H and O–H groups in total. The van der Waals surface area contributed by atoms with Crippen molar-refractivity contribution < 1.29 is 0 Å². The molecule has 17 heavy (non-hydrogen) atoms. The zero-order valence-corrected chi connectivity index (χ0v) is 12.3. The molecule has 2 rings (SSSR count). The van der Waals surface area contributed by atoms with Gasteiger partial charge in [0.2, 0.25) is 0 Å². The van der Waals surface area contributed by atoms with Crippen LogP contribution in [0.1, 0.15) is 17.2 Å². The van der Waals surface area contributed by atoms with Crippen LogP contribution in [0.15, 0.2) is 51.7 Å². The van der Waals surface area contributed by atoms with Crippen LogP contribution in [0.25, 0.3) is 0 Å². The highest BCUT2D eigenvalue weighted by Gasteiger charge is 2.08. The molecule has 0 amide bonds. The molecular formula is C13H12Br2N2. The molecule has 4 heteroatoms. The van der Waals surface area contributed by atoms with E-state index in [1.165, 1.54) is 5.56 Å². The number of aromatic nitrogens is 1. The van der Waals surface area contributed by atoms with E-state index in [-0.39, 0.29) is 6.04 Å². The maximum Gasteiger partial charge on any atom is 0.0336 e. The summed E-state index contributed by atoms with van der Waals surface area (Å²) < 4.78 is 2.07. The third-order valence-corrected chi connectivity index (χ3v) is 3.43. The van der Waals surface area contributed by atoms with E-state index in [1.807, 2.05) is 18.2 Å². The van der Waals surface area contributed by atoms with Gasteiger partial charge in [-0.1, -0.05) is 31.9 Å². The van der Waals surface area contributed by atoms with Crippen LogP contribution in [0.3, 0.4) is 0 Å². The number of hydrogen-bond donors (Lipinski definition) is 1. The summed E-state index contributed by atoms with van der Waals surface area (Å²) >= 11 is 6.94. The number of benzene rings is 1. The minimum absolute atomic E-state index is 0.00815. The predicted molar refractivity (Wildman–Crippen MR) is 76.7 cm³/mol. The van der Waals surface area contributed by atoms with Crippen LogP contribution in [-0.2, 0) is 6.42 Å². The van der Waals surface area contributed by atoms with Crippen LogP contribution in [-0.4, -0.2) is 4.98 Å². The Morgan fingerprint density at radius 3 is 2.24 bits per heavy atom. The van der Waals surface area contributed by atoms with Crippen LogP contribution in [0.5, 0.6) is 0 Å². The molecule has 0 aliphatic rings. The molecular weight excluding hydrogens is 344 g/mol. The molecule has 1 heterocycles. The van der Waals surface area contributed by atoms with E-state index in [4.69, 9.17) is 5.73 Å². The Labute approximate surface area is 118 Å². The Kier molecular flexibility index (Phi) is 4.31. The summed E-state index contributed by atoms with van der Waals surface area (Å²) in [6.07, 6.45) is 4.39. The Bertz CT molecular complexity index is 480. The van der Waals surface area contributed by atoms with Gasteiger partial charge in [0.25, 0.3) is 0 Å². The van der Waals surface area contributed by atoms with Crippen molar-refractivity contribution in [2.75, 3.05) is 0 Å². The number of hydrogen-bond acceptors (Lipinski definition) is 2. The van der Waals surface area contributed by atoms with Crippen molar-refractivity contribution in [2.24, 2.45) is 5.73 Å². The summed E-state index contributed by atoms with van der Waals surface area (Å²) in [5.41, 5.74) is 8.51. The third kappa shape index (κ3) is 3.63. The summed E-state index contributed by atoms with van der Waals surface area (Å²) in [6, 6.07) is 10.1. The van der Waals surface area contributed by atoms with Crippen molar-refractivity contribution in [3.05, 3.63) is 62.8 Å². The zero-order chi connectivity index (χ0) is 12.3. The lowest BCUT2D eigenvalue weighted by Crippen LogP contribution is -2.13. The van der Waals surface area contributed by atoms with Crippen LogP contribution in [0, 0.1) is 0 Å². The maximum absolute atomic E-state index is 6.20. The highest BCUT2D eigenvalue weighted by Crippen LogP contribution is 2.24. The highest BCUT2D eigenvalue weighted by atomic mass is 79.9. The molecule has 2 aromatic rings. The molecule has 1 aromatic carbocycles. The van der Waals surface area contributed by atoms with Crippen LogP contribution >= 0.6 is 31.9 Å². The Morgan fingerprint density at radius 2 is 1.65 bits per heavy atom. The van der Waals surface area contributed by atoms with E-state index in [9.17, 15) is 0 Å². The summed E-state index contributed by atoms with van der Waals surface area (Å²) in [7, 11) is 0. The van der Waals surface area contributed by atoms with Crippen molar-refractivity contribution in [3.63, 3.8) is 0 Å². The van der Waals surface area contributed by atoms with Gasteiger partial charge in [-0.05, 0) is 47.9 Å². The zero-order valence-electron chi connectivity index (χ0n) is 9.11. The van der Waals surface area contributed by atoms with Gasteiger partial charge in [-0.2, -0.15) is 0 Å². The topological polar surface area (TPSA) is 38.9 Å². The van der Waals surface area contributed by atoms with E-state index in [1.54, 1.807) is 12.4 Å². The largest absolute Gasteiger partial charge is 0.324 e. The minimum Gasteiger partial charge on any atom is -0.324 e. The Balaban J connectivity index is 2.17. The summed E-state index contributed by atoms with van der Waals surface area (Å²) in [5.74, 6) is 0. The number of pyridine rings is 1. The minimum atomic E-state index is -0.00815. The summed E-state index contributed by atoms with van der Waals surface area (Å²) in [4.78, 5) is 4.00. The van der Waals surface area contributed by atoms with Gasteiger partial charge in [0.15, 0.2) is 0 Å². The Morgan fingerprint density at radius 1 is 1.06 bits per heavy atom. The van der Waals surface area contributed by atoms with Gasteiger partial charge in [0.05, 0.1) is 0 Å². The molecule has 1 atom stereocenters. The fourth-order valence-electron chi connectivity index (χ4n) is 1.68. The fraction of sp³-hybridized carbons (Fsp3) is 0.154. The molecule has 1 unspecified atom stereocenters. The first-order valence-electron chi connectivity index (χ1n) is 5.25. The number of halogens is 2. The van der Waals surface area contributed by atoms with Crippen LogP contribution in [0.2, 0.25) is 0 Å². The van der Waals surface area contributed by atoms with Gasteiger partial charge in [0, 0.05) is 27.4 Å². The second kappa shape index (κ2) is 5.76. The quantitative estimate of drug-likeness (QED) is 0.908. The smallest absolute Gasteiger partial charge is 0.0336 e. The lowest BCUT2D eigenvalue weighted by molar-refractivity contribution is 0.720. The molecule has 0 aliphatic heterocycles. The van der Waals surface area contributed by atoms with Gasteiger partial charge in [0.1, 0.15) is 0 Å². The average molecular weight is 356 g/mol. The molecule has 0 fully saturated rings. The van der Waals surface area contributed by atoms with Crippen molar-refractivity contribution >= 4 is 31.9 Å². The first-order valence-corrected chi connectivity index (χ1v) is 6.84. The number of nitrogens with zero attached hydrogens (tertiary/aromatic N) is 1. The van der Waals surface area contributed by atoms with E-state index in [2.05, 4.69) is 49.0 Å². The van der Waals surface area contributed by atoms with Gasteiger partial charge < -0.3 is 5.73 Å². The lowest BCUT2D eigenvalue weighted by atomic mass is 10.0.